The highest BCUT2D eigenvalue weighted by molar-refractivity contribution is 8.00. The smallest absolute Gasteiger partial charge is 0.327 e. The van der Waals surface area contributed by atoms with Crippen LogP contribution in [-0.4, -0.2) is 57.2 Å². The second kappa shape index (κ2) is 8.23. The summed E-state index contributed by atoms with van der Waals surface area (Å²) in [6.45, 7) is 2.44. The first-order valence-electron chi connectivity index (χ1n) is 6.03. The normalized spacial score (nSPS) is 22.0. The second-order valence-electron chi connectivity index (χ2n) is 3.95. The van der Waals surface area contributed by atoms with Gasteiger partial charge in [0.25, 0.3) is 0 Å². The molecule has 2 N–H and O–H groups in total. The third kappa shape index (κ3) is 4.55. The summed E-state index contributed by atoms with van der Waals surface area (Å²) in [7, 11) is 0. The minimum atomic E-state index is -0.944. The van der Waals surface area contributed by atoms with E-state index in [-0.39, 0.29) is 11.4 Å². The first-order valence-corrected chi connectivity index (χ1v) is 8.24. The third-order valence-corrected chi connectivity index (χ3v) is 4.99. The lowest BCUT2D eigenvalue weighted by Crippen LogP contribution is -2.50. The molecule has 1 fully saturated rings. The van der Waals surface area contributed by atoms with Crippen molar-refractivity contribution in [2.75, 3.05) is 23.8 Å². The van der Waals surface area contributed by atoms with Gasteiger partial charge < -0.3 is 10.4 Å². The Labute approximate surface area is 121 Å². The van der Waals surface area contributed by atoms with E-state index < -0.39 is 12.0 Å². The summed E-state index contributed by atoms with van der Waals surface area (Å²) < 4.78 is 0. The molecule has 0 radical (unpaired) electrons. The zero-order valence-corrected chi connectivity index (χ0v) is 12.4. The Bertz CT molecular complexity index is 370. The van der Waals surface area contributed by atoms with Gasteiger partial charge in [0.1, 0.15) is 6.04 Å². The number of urea groups is 1. The molecular formula is C12H18N2O3S2. The number of thioether (sulfide) groups is 2. The highest BCUT2D eigenvalue weighted by atomic mass is 32.2. The van der Waals surface area contributed by atoms with Gasteiger partial charge in [-0.05, 0) is 6.42 Å². The van der Waals surface area contributed by atoms with Gasteiger partial charge in [-0.3, -0.25) is 4.90 Å². The molecule has 2 atom stereocenters. The number of carbonyl (C=O) groups excluding carboxylic acids is 1. The van der Waals surface area contributed by atoms with Crippen molar-refractivity contribution in [2.24, 2.45) is 0 Å². The molecule has 1 heterocycles. The van der Waals surface area contributed by atoms with Crippen LogP contribution in [-0.2, 0) is 4.79 Å². The van der Waals surface area contributed by atoms with Crippen LogP contribution in [0.4, 0.5) is 4.79 Å². The summed E-state index contributed by atoms with van der Waals surface area (Å²) in [5, 5.41) is 11.8. The minimum absolute atomic E-state index is 0.0561. The van der Waals surface area contributed by atoms with Gasteiger partial charge >= 0.3 is 12.0 Å². The maximum Gasteiger partial charge on any atom is 0.327 e. The van der Waals surface area contributed by atoms with Crippen molar-refractivity contribution < 1.29 is 14.7 Å². The molecule has 0 aromatic heterocycles. The lowest BCUT2D eigenvalue weighted by atomic mass is 10.3. The molecule has 2 amide bonds. The number of hydrogen-bond acceptors (Lipinski definition) is 4. The molecule has 0 aliphatic carbocycles. The average Bonchev–Trinajstić information content (AvgIpc) is 2.82. The van der Waals surface area contributed by atoms with E-state index in [1.165, 1.54) is 16.7 Å². The molecule has 1 rings (SSSR count). The zero-order valence-electron chi connectivity index (χ0n) is 10.8. The van der Waals surface area contributed by atoms with Gasteiger partial charge in [0.2, 0.25) is 0 Å². The van der Waals surface area contributed by atoms with Crippen molar-refractivity contribution in [3.8, 4) is 12.3 Å². The standard InChI is InChI=1S/C12H18N2O3S2/c1-3-6-18-7-5-13-12(17)14-9(11(15)16)8-19-10(14)4-2/h1,9-10H,4-8H2,2H3,(H,13,17)(H,15,16). The van der Waals surface area contributed by atoms with Crippen LogP contribution in [0.5, 0.6) is 0 Å². The van der Waals surface area contributed by atoms with Gasteiger partial charge in [-0.2, -0.15) is 0 Å². The maximum atomic E-state index is 12.1. The van der Waals surface area contributed by atoms with Crippen molar-refractivity contribution >= 4 is 35.5 Å². The number of carboxylic acids is 1. The van der Waals surface area contributed by atoms with E-state index in [9.17, 15) is 9.59 Å². The Balaban J connectivity index is 2.47. The molecule has 1 aliphatic rings. The van der Waals surface area contributed by atoms with E-state index in [0.29, 0.717) is 18.1 Å². The van der Waals surface area contributed by atoms with E-state index in [4.69, 9.17) is 11.5 Å². The molecule has 1 saturated heterocycles. The van der Waals surface area contributed by atoms with E-state index in [1.54, 1.807) is 11.8 Å². The molecule has 0 saturated carbocycles. The van der Waals surface area contributed by atoms with Gasteiger partial charge in [0.05, 0.1) is 11.1 Å². The SMILES string of the molecule is C#CCSCCNC(=O)N1C(CC)SCC1C(=O)O. The molecule has 2 unspecified atom stereocenters. The molecule has 1 aliphatic heterocycles. The van der Waals surface area contributed by atoms with Crippen LogP contribution >= 0.6 is 23.5 Å². The fourth-order valence-corrected chi connectivity index (χ4v) is 3.65. The molecule has 0 aromatic rings. The predicted octanol–water partition coefficient (Wildman–Crippen LogP) is 1.30. The number of amides is 2. The summed E-state index contributed by atoms with van der Waals surface area (Å²) in [6, 6.07) is -1.03. The van der Waals surface area contributed by atoms with Gasteiger partial charge in [0, 0.05) is 18.1 Å². The van der Waals surface area contributed by atoms with Gasteiger partial charge in [-0.15, -0.1) is 29.9 Å². The molecule has 19 heavy (non-hydrogen) atoms. The Hall–Kier alpha value is -1.00. The highest BCUT2D eigenvalue weighted by Gasteiger charge is 2.40. The summed E-state index contributed by atoms with van der Waals surface area (Å²) in [5.41, 5.74) is 0. The fourth-order valence-electron chi connectivity index (χ4n) is 1.79. The summed E-state index contributed by atoms with van der Waals surface area (Å²) in [5.74, 6) is 3.36. The monoisotopic (exact) mass is 302 g/mol. The highest BCUT2D eigenvalue weighted by Crippen LogP contribution is 2.31. The van der Waals surface area contributed by atoms with Crippen molar-refractivity contribution in [2.45, 2.75) is 24.8 Å². The van der Waals surface area contributed by atoms with Crippen LogP contribution in [0.2, 0.25) is 0 Å². The fraction of sp³-hybridized carbons (Fsp3) is 0.667. The first kappa shape index (κ1) is 16.1. The third-order valence-electron chi connectivity index (χ3n) is 2.67. The lowest BCUT2D eigenvalue weighted by Gasteiger charge is -2.26. The van der Waals surface area contributed by atoms with Crippen LogP contribution in [0, 0.1) is 12.3 Å². The van der Waals surface area contributed by atoms with E-state index in [1.807, 2.05) is 6.92 Å². The number of carboxylic acid groups (broad SMARTS) is 1. The van der Waals surface area contributed by atoms with Crippen LogP contribution in [0.1, 0.15) is 13.3 Å². The lowest BCUT2D eigenvalue weighted by molar-refractivity contribution is -0.141. The Morgan fingerprint density at radius 1 is 1.63 bits per heavy atom. The second-order valence-corrected chi connectivity index (χ2v) is 6.26. The van der Waals surface area contributed by atoms with Crippen molar-refractivity contribution in [1.29, 1.82) is 0 Å². The van der Waals surface area contributed by atoms with E-state index in [0.717, 1.165) is 12.2 Å². The Morgan fingerprint density at radius 2 is 2.37 bits per heavy atom. The largest absolute Gasteiger partial charge is 0.480 e. The van der Waals surface area contributed by atoms with Crippen LogP contribution in [0.15, 0.2) is 0 Å². The molecule has 5 nitrogen and oxygen atoms in total. The van der Waals surface area contributed by atoms with Crippen LogP contribution < -0.4 is 5.32 Å². The molecule has 7 heteroatoms. The number of aliphatic carboxylic acids is 1. The number of terminal acetylenes is 1. The van der Waals surface area contributed by atoms with E-state index in [2.05, 4.69) is 11.2 Å². The number of nitrogens with one attached hydrogen (secondary N) is 1. The van der Waals surface area contributed by atoms with Gasteiger partial charge in [-0.1, -0.05) is 12.8 Å². The molecule has 0 aromatic carbocycles. The molecule has 0 bridgehead atoms. The average molecular weight is 302 g/mol. The molecular weight excluding hydrogens is 284 g/mol. The summed E-state index contributed by atoms with van der Waals surface area (Å²) in [4.78, 5) is 24.6. The molecule has 0 spiro atoms. The number of carbonyl (C=O) groups is 2. The number of rotatable bonds is 6. The van der Waals surface area contributed by atoms with Crippen molar-refractivity contribution in [1.82, 2.24) is 10.2 Å². The van der Waals surface area contributed by atoms with E-state index >= 15 is 0 Å². The number of hydrogen-bond donors (Lipinski definition) is 2. The van der Waals surface area contributed by atoms with Gasteiger partial charge in [0.15, 0.2) is 0 Å². The van der Waals surface area contributed by atoms with Crippen molar-refractivity contribution in [3.05, 3.63) is 0 Å². The van der Waals surface area contributed by atoms with Crippen LogP contribution in [0.25, 0.3) is 0 Å². The topological polar surface area (TPSA) is 69.6 Å². The maximum absolute atomic E-state index is 12.1. The summed E-state index contributed by atoms with van der Waals surface area (Å²) in [6.07, 6.45) is 5.87. The minimum Gasteiger partial charge on any atom is -0.480 e. The van der Waals surface area contributed by atoms with Crippen molar-refractivity contribution in [3.63, 3.8) is 0 Å². The molecule has 106 valence electrons. The van der Waals surface area contributed by atoms with Gasteiger partial charge in [-0.25, -0.2) is 9.59 Å². The Morgan fingerprint density at radius 3 is 2.95 bits per heavy atom. The quantitative estimate of drug-likeness (QED) is 0.572. The summed E-state index contributed by atoms with van der Waals surface area (Å²) >= 11 is 3.08. The number of nitrogens with zero attached hydrogens (tertiary/aromatic N) is 1. The Kier molecular flexibility index (Phi) is 6.95. The predicted molar refractivity (Wildman–Crippen MR) is 79.4 cm³/mol. The van der Waals surface area contributed by atoms with Crippen LogP contribution in [0.3, 0.4) is 0 Å². The first-order chi connectivity index (χ1) is 9.11. The zero-order chi connectivity index (χ0) is 14.3.